The molecule has 0 aromatic heterocycles. The fraction of sp³-hybridized carbons (Fsp3) is 0.417. The predicted molar refractivity (Wildman–Crippen MR) is 69.2 cm³/mol. The van der Waals surface area contributed by atoms with Crippen LogP contribution in [0.1, 0.15) is 6.42 Å². The first-order valence-electron chi connectivity index (χ1n) is 5.66. The number of carbonyl (C=O) groups excluding carboxylic acids is 1. The summed E-state index contributed by atoms with van der Waals surface area (Å²) in [7, 11) is 0. The van der Waals surface area contributed by atoms with Gasteiger partial charge in [-0.05, 0) is 18.6 Å². The molecule has 1 unspecified atom stereocenters. The van der Waals surface area contributed by atoms with Crippen LogP contribution in [0.4, 0.5) is 18.9 Å². The zero-order valence-corrected chi connectivity index (χ0v) is 11.5. The molecular formula is C12H10Cl2F3NO2. The van der Waals surface area contributed by atoms with Gasteiger partial charge in [0.05, 0.1) is 11.6 Å². The lowest BCUT2D eigenvalue weighted by Gasteiger charge is -2.13. The van der Waals surface area contributed by atoms with Gasteiger partial charge in [-0.15, -0.1) is 23.2 Å². The molecule has 8 heteroatoms. The summed E-state index contributed by atoms with van der Waals surface area (Å²) in [4.78, 5) is 11.8. The Labute approximate surface area is 123 Å². The first-order chi connectivity index (χ1) is 9.19. The van der Waals surface area contributed by atoms with E-state index in [-0.39, 0.29) is 11.4 Å². The highest BCUT2D eigenvalue weighted by Gasteiger charge is 2.56. The SMILES string of the molecule is O=C(Nc1ccccc1OCC(F)(F)F)C1CC1(Cl)Cl. The van der Waals surface area contributed by atoms with Gasteiger partial charge in [0.2, 0.25) is 5.91 Å². The van der Waals surface area contributed by atoms with Crippen LogP contribution < -0.4 is 10.1 Å². The van der Waals surface area contributed by atoms with Crippen molar-refractivity contribution in [3.05, 3.63) is 24.3 Å². The highest BCUT2D eigenvalue weighted by atomic mass is 35.5. The number of alkyl halides is 5. The topological polar surface area (TPSA) is 38.3 Å². The second-order valence-corrected chi connectivity index (χ2v) is 5.95. The second-order valence-electron chi connectivity index (χ2n) is 4.41. The molecule has 0 aliphatic heterocycles. The smallest absolute Gasteiger partial charge is 0.422 e. The maximum absolute atomic E-state index is 12.1. The van der Waals surface area contributed by atoms with E-state index in [0.29, 0.717) is 6.42 Å². The molecule has 20 heavy (non-hydrogen) atoms. The number of halogens is 5. The maximum atomic E-state index is 12.1. The summed E-state index contributed by atoms with van der Waals surface area (Å²) < 4.78 is 39.9. The highest BCUT2D eigenvalue weighted by Crippen LogP contribution is 2.53. The Morgan fingerprint density at radius 3 is 2.55 bits per heavy atom. The molecule has 1 aromatic carbocycles. The van der Waals surface area contributed by atoms with Gasteiger partial charge in [0, 0.05) is 0 Å². The van der Waals surface area contributed by atoms with Crippen molar-refractivity contribution >= 4 is 34.8 Å². The maximum Gasteiger partial charge on any atom is 0.422 e. The number of anilines is 1. The van der Waals surface area contributed by atoms with Gasteiger partial charge in [-0.2, -0.15) is 13.2 Å². The van der Waals surface area contributed by atoms with Crippen LogP contribution >= 0.6 is 23.2 Å². The largest absolute Gasteiger partial charge is 0.482 e. The van der Waals surface area contributed by atoms with Gasteiger partial charge in [0.15, 0.2) is 6.61 Å². The average molecular weight is 328 g/mol. The third-order valence-electron chi connectivity index (χ3n) is 2.68. The molecule has 2 rings (SSSR count). The Bertz CT molecular complexity index is 520. The number of para-hydroxylation sites is 2. The molecule has 0 saturated heterocycles. The number of hydrogen-bond acceptors (Lipinski definition) is 2. The molecule has 1 aliphatic rings. The van der Waals surface area contributed by atoms with E-state index >= 15 is 0 Å². The summed E-state index contributed by atoms with van der Waals surface area (Å²) in [5.74, 6) is -1.08. The predicted octanol–water partition coefficient (Wildman–Crippen LogP) is 3.76. The zero-order valence-electron chi connectivity index (χ0n) is 10.0. The molecule has 0 heterocycles. The quantitative estimate of drug-likeness (QED) is 0.855. The van der Waals surface area contributed by atoms with E-state index < -0.39 is 28.9 Å². The number of amides is 1. The first kappa shape index (κ1) is 15.3. The minimum atomic E-state index is -4.45. The van der Waals surface area contributed by atoms with Gasteiger partial charge < -0.3 is 10.1 Å². The van der Waals surface area contributed by atoms with Crippen LogP contribution in [0.3, 0.4) is 0 Å². The third-order valence-corrected chi connectivity index (χ3v) is 3.51. The van der Waals surface area contributed by atoms with Crippen molar-refractivity contribution in [2.75, 3.05) is 11.9 Å². The number of carbonyl (C=O) groups is 1. The molecule has 1 aromatic rings. The lowest BCUT2D eigenvalue weighted by molar-refractivity contribution is -0.153. The Morgan fingerprint density at radius 2 is 2.00 bits per heavy atom. The Kier molecular flexibility index (Phi) is 4.07. The second kappa shape index (κ2) is 5.33. The van der Waals surface area contributed by atoms with E-state index in [1.54, 1.807) is 6.07 Å². The number of nitrogens with one attached hydrogen (secondary N) is 1. The lowest BCUT2D eigenvalue weighted by Crippen LogP contribution is -2.21. The van der Waals surface area contributed by atoms with Gasteiger partial charge in [-0.3, -0.25) is 4.79 Å². The summed E-state index contributed by atoms with van der Waals surface area (Å²) >= 11 is 11.5. The number of rotatable bonds is 4. The van der Waals surface area contributed by atoms with E-state index in [4.69, 9.17) is 23.2 Å². The van der Waals surface area contributed by atoms with Gasteiger partial charge >= 0.3 is 6.18 Å². The van der Waals surface area contributed by atoms with Crippen LogP contribution in [0.5, 0.6) is 5.75 Å². The van der Waals surface area contributed by atoms with Crippen LogP contribution in [0.25, 0.3) is 0 Å². The monoisotopic (exact) mass is 327 g/mol. The van der Waals surface area contributed by atoms with Crippen molar-refractivity contribution in [3.8, 4) is 5.75 Å². The number of ether oxygens (including phenoxy) is 1. The molecule has 110 valence electrons. The Hall–Kier alpha value is -1.14. The average Bonchev–Trinajstić information content (AvgIpc) is 2.96. The molecule has 0 spiro atoms. The van der Waals surface area contributed by atoms with Crippen molar-refractivity contribution in [1.29, 1.82) is 0 Å². The molecule has 1 amide bonds. The van der Waals surface area contributed by atoms with Gasteiger partial charge in [-0.25, -0.2) is 0 Å². The molecule has 1 atom stereocenters. The Balaban J connectivity index is 2.03. The summed E-state index contributed by atoms with van der Waals surface area (Å²) in [5.41, 5.74) is 0.151. The summed E-state index contributed by atoms with van der Waals surface area (Å²) in [6, 6.07) is 5.85. The zero-order chi connectivity index (χ0) is 15.0. The standard InChI is InChI=1S/C12H10Cl2F3NO2/c13-11(14)5-7(11)10(19)18-8-3-1-2-4-9(8)20-6-12(15,16)17/h1-4,7H,5-6H2,(H,18,19). The van der Waals surface area contributed by atoms with E-state index in [0.717, 1.165) is 0 Å². The van der Waals surface area contributed by atoms with E-state index in [9.17, 15) is 18.0 Å². The lowest BCUT2D eigenvalue weighted by atomic mass is 10.2. The molecule has 0 bridgehead atoms. The van der Waals surface area contributed by atoms with E-state index in [2.05, 4.69) is 10.1 Å². The molecule has 1 aliphatic carbocycles. The van der Waals surface area contributed by atoms with Crippen LogP contribution in [0.2, 0.25) is 0 Å². The highest BCUT2D eigenvalue weighted by molar-refractivity contribution is 6.52. The Morgan fingerprint density at radius 1 is 1.40 bits per heavy atom. The fourth-order valence-corrected chi connectivity index (χ4v) is 2.08. The van der Waals surface area contributed by atoms with Gasteiger partial charge in [-0.1, -0.05) is 12.1 Å². The van der Waals surface area contributed by atoms with Crippen LogP contribution in [-0.2, 0) is 4.79 Å². The van der Waals surface area contributed by atoms with E-state index in [1.807, 2.05) is 0 Å². The fourth-order valence-electron chi connectivity index (χ4n) is 1.57. The molecular weight excluding hydrogens is 318 g/mol. The van der Waals surface area contributed by atoms with Crippen molar-refractivity contribution < 1.29 is 22.7 Å². The summed E-state index contributed by atoms with van der Waals surface area (Å²) in [6.07, 6.45) is -4.14. The molecule has 0 radical (unpaired) electrons. The van der Waals surface area contributed by atoms with Gasteiger partial charge in [0.1, 0.15) is 10.1 Å². The van der Waals surface area contributed by atoms with Crippen LogP contribution in [0.15, 0.2) is 24.3 Å². The molecule has 1 fully saturated rings. The first-order valence-corrected chi connectivity index (χ1v) is 6.42. The van der Waals surface area contributed by atoms with Crippen molar-refractivity contribution in [2.24, 2.45) is 5.92 Å². The van der Waals surface area contributed by atoms with Crippen molar-refractivity contribution in [2.45, 2.75) is 16.9 Å². The van der Waals surface area contributed by atoms with Gasteiger partial charge in [0.25, 0.3) is 0 Å². The number of hydrogen-bond donors (Lipinski definition) is 1. The minimum Gasteiger partial charge on any atom is -0.482 e. The molecule has 1 saturated carbocycles. The summed E-state index contributed by atoms with van der Waals surface area (Å²) in [6.45, 7) is -1.43. The van der Waals surface area contributed by atoms with E-state index in [1.165, 1.54) is 18.2 Å². The number of benzene rings is 1. The normalized spacial score (nSPS) is 20.4. The third kappa shape index (κ3) is 3.93. The van der Waals surface area contributed by atoms with Crippen molar-refractivity contribution in [3.63, 3.8) is 0 Å². The van der Waals surface area contributed by atoms with Crippen LogP contribution in [-0.4, -0.2) is 23.0 Å². The van der Waals surface area contributed by atoms with Crippen LogP contribution in [0, 0.1) is 5.92 Å². The minimum absolute atomic E-state index is 0.0615. The summed E-state index contributed by atoms with van der Waals surface area (Å²) in [5, 5.41) is 2.46. The molecule has 3 nitrogen and oxygen atoms in total. The molecule has 1 N–H and O–H groups in total. The van der Waals surface area contributed by atoms with Crippen molar-refractivity contribution in [1.82, 2.24) is 0 Å².